The number of pyridine rings is 1. The standard InChI is InChI=1S/C14H13F3N2O3/c1-7(20)5-18-11-8-3-2-4-10(14(15,16)17)12(8)19-6-9(11)13(21)22/h2-4,6-7,20H,5H2,1H3,(H,18,19)(H,21,22)/t7-/m1/s1. The number of alkyl halides is 3. The molecule has 118 valence electrons. The Balaban J connectivity index is 2.71. The summed E-state index contributed by atoms with van der Waals surface area (Å²) < 4.78 is 39.0. The summed E-state index contributed by atoms with van der Waals surface area (Å²) in [5.41, 5.74) is -1.54. The van der Waals surface area contributed by atoms with Crippen LogP contribution in [-0.4, -0.2) is 33.8 Å². The molecule has 22 heavy (non-hydrogen) atoms. The lowest BCUT2D eigenvalue weighted by molar-refractivity contribution is -0.136. The molecule has 0 aliphatic heterocycles. The lowest BCUT2D eigenvalue weighted by Crippen LogP contribution is -2.18. The SMILES string of the molecule is C[C@@H](O)CNc1c(C(=O)O)cnc2c(C(F)(F)F)cccc12. The number of nitrogens with one attached hydrogen (secondary N) is 1. The predicted octanol–water partition coefficient (Wildman–Crippen LogP) is 2.74. The van der Waals surface area contributed by atoms with Crippen molar-refractivity contribution < 1.29 is 28.2 Å². The van der Waals surface area contributed by atoms with Crippen LogP contribution in [0.5, 0.6) is 0 Å². The van der Waals surface area contributed by atoms with Crippen LogP contribution in [0.2, 0.25) is 0 Å². The maximum atomic E-state index is 13.0. The van der Waals surface area contributed by atoms with Crippen molar-refractivity contribution >= 4 is 22.6 Å². The molecular formula is C14H13F3N2O3. The van der Waals surface area contributed by atoms with Crippen LogP contribution in [0.1, 0.15) is 22.8 Å². The van der Waals surface area contributed by atoms with Crippen LogP contribution in [0, 0.1) is 0 Å². The van der Waals surface area contributed by atoms with Crippen LogP contribution in [0.4, 0.5) is 18.9 Å². The molecule has 2 rings (SSSR count). The first-order valence-electron chi connectivity index (χ1n) is 6.36. The van der Waals surface area contributed by atoms with Gasteiger partial charge in [0.05, 0.1) is 22.9 Å². The van der Waals surface area contributed by atoms with Crippen molar-refractivity contribution in [1.29, 1.82) is 0 Å². The number of carbonyl (C=O) groups is 1. The number of aromatic carboxylic acids is 1. The van der Waals surface area contributed by atoms with E-state index in [2.05, 4.69) is 10.3 Å². The zero-order chi connectivity index (χ0) is 16.5. The number of aromatic nitrogens is 1. The fourth-order valence-corrected chi connectivity index (χ4v) is 2.05. The quantitative estimate of drug-likeness (QED) is 0.808. The van der Waals surface area contributed by atoms with Crippen LogP contribution >= 0.6 is 0 Å². The molecule has 2 aromatic rings. The number of aliphatic hydroxyl groups excluding tert-OH is 1. The summed E-state index contributed by atoms with van der Waals surface area (Å²) in [7, 11) is 0. The molecule has 8 heteroatoms. The van der Waals surface area contributed by atoms with Crippen LogP contribution in [0.15, 0.2) is 24.4 Å². The Hall–Kier alpha value is -2.35. The minimum Gasteiger partial charge on any atom is -0.478 e. The number of aliphatic hydroxyl groups is 1. The van der Waals surface area contributed by atoms with Gasteiger partial charge >= 0.3 is 12.1 Å². The molecular weight excluding hydrogens is 301 g/mol. The van der Waals surface area contributed by atoms with Crippen molar-refractivity contribution in [3.8, 4) is 0 Å². The summed E-state index contributed by atoms with van der Waals surface area (Å²) in [6.45, 7) is 1.47. The molecule has 1 heterocycles. The summed E-state index contributed by atoms with van der Waals surface area (Å²) in [6, 6.07) is 3.43. The number of fused-ring (bicyclic) bond motifs is 1. The molecule has 0 bridgehead atoms. The molecule has 1 aromatic carbocycles. The number of hydrogen-bond donors (Lipinski definition) is 3. The first-order chi connectivity index (χ1) is 10.2. The highest BCUT2D eigenvalue weighted by molar-refractivity contribution is 6.05. The minimum absolute atomic E-state index is 0.00417. The minimum atomic E-state index is -4.60. The molecule has 0 aliphatic carbocycles. The Morgan fingerprint density at radius 1 is 1.41 bits per heavy atom. The molecule has 0 unspecified atom stereocenters. The van der Waals surface area contributed by atoms with Gasteiger partial charge in [-0.1, -0.05) is 12.1 Å². The number of carboxylic acid groups (broad SMARTS) is 1. The average molecular weight is 314 g/mol. The van der Waals surface area contributed by atoms with Gasteiger partial charge in [-0.05, 0) is 13.0 Å². The van der Waals surface area contributed by atoms with E-state index in [4.69, 9.17) is 5.11 Å². The second-order valence-electron chi connectivity index (χ2n) is 4.78. The predicted molar refractivity (Wildman–Crippen MR) is 73.9 cm³/mol. The highest BCUT2D eigenvalue weighted by Crippen LogP contribution is 2.36. The number of carboxylic acids is 1. The van der Waals surface area contributed by atoms with Gasteiger partial charge in [0, 0.05) is 18.1 Å². The van der Waals surface area contributed by atoms with Gasteiger partial charge in [-0.15, -0.1) is 0 Å². The lowest BCUT2D eigenvalue weighted by Gasteiger charge is -2.16. The molecule has 0 radical (unpaired) electrons. The van der Waals surface area contributed by atoms with Crippen LogP contribution in [0.3, 0.4) is 0 Å². The van der Waals surface area contributed by atoms with E-state index in [1.165, 1.54) is 19.1 Å². The Labute approximate surface area is 123 Å². The second-order valence-corrected chi connectivity index (χ2v) is 4.78. The second kappa shape index (κ2) is 5.80. The van der Waals surface area contributed by atoms with Gasteiger partial charge in [0.25, 0.3) is 0 Å². The van der Waals surface area contributed by atoms with E-state index in [0.717, 1.165) is 12.3 Å². The molecule has 0 aliphatic rings. The van der Waals surface area contributed by atoms with Gasteiger partial charge in [-0.25, -0.2) is 4.79 Å². The molecule has 0 saturated heterocycles. The molecule has 0 amide bonds. The summed E-state index contributed by atoms with van der Waals surface area (Å²) in [6.07, 6.45) is -4.51. The molecule has 0 saturated carbocycles. The highest BCUT2D eigenvalue weighted by Gasteiger charge is 2.33. The van der Waals surface area contributed by atoms with E-state index in [1.807, 2.05) is 0 Å². The molecule has 5 nitrogen and oxygen atoms in total. The Morgan fingerprint density at radius 3 is 2.64 bits per heavy atom. The molecule has 1 atom stereocenters. The van der Waals surface area contributed by atoms with Gasteiger partial charge in [-0.3, -0.25) is 4.98 Å². The molecule has 0 fully saturated rings. The van der Waals surface area contributed by atoms with Crippen LogP contribution in [0.25, 0.3) is 10.9 Å². The smallest absolute Gasteiger partial charge is 0.418 e. The van der Waals surface area contributed by atoms with Gasteiger partial charge in [-0.2, -0.15) is 13.2 Å². The number of para-hydroxylation sites is 1. The van der Waals surface area contributed by atoms with Crippen molar-refractivity contribution in [3.05, 3.63) is 35.5 Å². The highest BCUT2D eigenvalue weighted by atomic mass is 19.4. The zero-order valence-corrected chi connectivity index (χ0v) is 11.5. The third kappa shape index (κ3) is 3.11. The summed E-state index contributed by atoms with van der Waals surface area (Å²) in [5.74, 6) is -1.32. The van der Waals surface area contributed by atoms with E-state index in [0.29, 0.717) is 0 Å². The summed E-state index contributed by atoms with van der Waals surface area (Å²) >= 11 is 0. The number of nitrogens with zero attached hydrogens (tertiary/aromatic N) is 1. The van der Waals surface area contributed by atoms with Gasteiger partial charge < -0.3 is 15.5 Å². The Morgan fingerprint density at radius 2 is 2.09 bits per heavy atom. The fraction of sp³-hybridized carbons (Fsp3) is 0.286. The molecule has 1 aromatic heterocycles. The Kier molecular flexibility index (Phi) is 4.23. The number of halogens is 3. The molecule has 0 spiro atoms. The normalized spacial score (nSPS) is 13.1. The maximum absolute atomic E-state index is 13.0. The van der Waals surface area contributed by atoms with Crippen molar-refractivity contribution in [3.63, 3.8) is 0 Å². The van der Waals surface area contributed by atoms with Crippen molar-refractivity contribution in [2.45, 2.75) is 19.2 Å². The van der Waals surface area contributed by atoms with Crippen LogP contribution in [-0.2, 0) is 6.18 Å². The number of anilines is 1. The summed E-state index contributed by atoms with van der Waals surface area (Å²) in [5, 5.41) is 21.2. The third-order valence-electron chi connectivity index (χ3n) is 3.01. The van der Waals surface area contributed by atoms with Crippen molar-refractivity contribution in [2.75, 3.05) is 11.9 Å². The number of rotatable bonds is 4. The van der Waals surface area contributed by atoms with Crippen LogP contribution < -0.4 is 5.32 Å². The largest absolute Gasteiger partial charge is 0.478 e. The first kappa shape index (κ1) is 16.0. The number of hydrogen-bond acceptors (Lipinski definition) is 4. The number of benzene rings is 1. The third-order valence-corrected chi connectivity index (χ3v) is 3.01. The topological polar surface area (TPSA) is 82.5 Å². The monoisotopic (exact) mass is 314 g/mol. The van der Waals surface area contributed by atoms with Crippen molar-refractivity contribution in [1.82, 2.24) is 4.98 Å². The Bertz CT molecular complexity index is 714. The average Bonchev–Trinajstić information content (AvgIpc) is 2.42. The van der Waals surface area contributed by atoms with E-state index < -0.39 is 23.8 Å². The molecule has 3 N–H and O–H groups in total. The maximum Gasteiger partial charge on any atom is 0.418 e. The summed E-state index contributed by atoms with van der Waals surface area (Å²) in [4.78, 5) is 14.9. The van der Waals surface area contributed by atoms with Crippen molar-refractivity contribution in [2.24, 2.45) is 0 Å². The van der Waals surface area contributed by atoms with E-state index in [1.54, 1.807) is 0 Å². The fourth-order valence-electron chi connectivity index (χ4n) is 2.05. The van der Waals surface area contributed by atoms with E-state index in [9.17, 15) is 23.1 Å². The van der Waals surface area contributed by atoms with Gasteiger partial charge in [0.2, 0.25) is 0 Å². The first-order valence-corrected chi connectivity index (χ1v) is 6.36. The van der Waals surface area contributed by atoms with Gasteiger partial charge in [0.15, 0.2) is 0 Å². The lowest BCUT2D eigenvalue weighted by atomic mass is 10.0. The zero-order valence-electron chi connectivity index (χ0n) is 11.5. The van der Waals surface area contributed by atoms with E-state index in [-0.39, 0.29) is 28.7 Å². The van der Waals surface area contributed by atoms with E-state index >= 15 is 0 Å². The van der Waals surface area contributed by atoms with Gasteiger partial charge in [0.1, 0.15) is 5.56 Å².